The maximum Gasteiger partial charge on any atom is 0.274 e. The topological polar surface area (TPSA) is 25.2 Å². The van der Waals surface area contributed by atoms with Crippen molar-refractivity contribution in [2.75, 3.05) is 11.4 Å². The summed E-state index contributed by atoms with van der Waals surface area (Å²) >= 11 is 6.06. The Morgan fingerprint density at radius 1 is 1.14 bits per heavy atom. The Labute approximate surface area is 134 Å². The summed E-state index contributed by atoms with van der Waals surface area (Å²) in [5.74, 6) is -0.0106. The van der Waals surface area contributed by atoms with Gasteiger partial charge in [-0.2, -0.15) is 0 Å². The second-order valence-corrected chi connectivity index (χ2v) is 5.61. The molecule has 0 fully saturated rings. The summed E-state index contributed by atoms with van der Waals surface area (Å²) in [7, 11) is 1.89. The van der Waals surface area contributed by atoms with Crippen LogP contribution in [0, 0.1) is 0 Å². The minimum Gasteiger partial charge on any atom is -0.340 e. The number of para-hydroxylation sites is 1. The van der Waals surface area contributed by atoms with Crippen LogP contribution in [-0.4, -0.2) is 17.0 Å². The Morgan fingerprint density at radius 2 is 1.86 bits per heavy atom. The van der Waals surface area contributed by atoms with Crippen LogP contribution in [-0.2, 0) is 7.05 Å². The molecular weight excluding hydrogens is 296 g/mol. The third-order valence-electron chi connectivity index (χ3n) is 3.86. The van der Waals surface area contributed by atoms with Crippen molar-refractivity contribution in [2.45, 2.75) is 6.92 Å². The number of aryl methyl sites for hydroxylation is 1. The maximum atomic E-state index is 12.9. The van der Waals surface area contributed by atoms with Crippen LogP contribution in [0.25, 0.3) is 10.9 Å². The summed E-state index contributed by atoms with van der Waals surface area (Å²) in [4.78, 5) is 14.7. The molecule has 112 valence electrons. The van der Waals surface area contributed by atoms with Gasteiger partial charge in [0.2, 0.25) is 0 Å². The van der Waals surface area contributed by atoms with E-state index in [4.69, 9.17) is 11.6 Å². The number of hydrogen-bond donors (Lipinski definition) is 0. The Kier molecular flexibility index (Phi) is 3.90. The van der Waals surface area contributed by atoms with E-state index in [2.05, 4.69) is 0 Å². The fourth-order valence-electron chi connectivity index (χ4n) is 2.70. The lowest BCUT2D eigenvalue weighted by molar-refractivity contribution is 0.0981. The number of benzene rings is 2. The van der Waals surface area contributed by atoms with E-state index in [1.165, 1.54) is 0 Å². The van der Waals surface area contributed by atoms with Crippen molar-refractivity contribution in [3.8, 4) is 0 Å². The Balaban J connectivity index is 2.06. The van der Waals surface area contributed by atoms with Gasteiger partial charge in [0, 0.05) is 35.2 Å². The highest BCUT2D eigenvalue weighted by Crippen LogP contribution is 2.25. The first-order chi connectivity index (χ1) is 10.6. The Hall–Kier alpha value is -2.26. The number of amides is 1. The van der Waals surface area contributed by atoms with Crippen LogP contribution < -0.4 is 4.90 Å². The average Bonchev–Trinajstić information content (AvgIpc) is 2.86. The van der Waals surface area contributed by atoms with Gasteiger partial charge in [-0.05, 0) is 37.3 Å². The van der Waals surface area contributed by atoms with Crippen molar-refractivity contribution in [1.29, 1.82) is 0 Å². The second-order valence-electron chi connectivity index (χ2n) is 5.18. The molecule has 22 heavy (non-hydrogen) atoms. The van der Waals surface area contributed by atoms with Gasteiger partial charge in [0.25, 0.3) is 5.91 Å². The highest BCUT2D eigenvalue weighted by atomic mass is 35.5. The summed E-state index contributed by atoms with van der Waals surface area (Å²) in [6.07, 6.45) is 0. The van der Waals surface area contributed by atoms with Crippen LogP contribution in [0.3, 0.4) is 0 Å². The first kappa shape index (κ1) is 14.7. The van der Waals surface area contributed by atoms with E-state index < -0.39 is 0 Å². The quantitative estimate of drug-likeness (QED) is 0.699. The average molecular weight is 313 g/mol. The van der Waals surface area contributed by atoms with E-state index in [0.717, 1.165) is 16.6 Å². The number of hydrogen-bond acceptors (Lipinski definition) is 1. The van der Waals surface area contributed by atoms with Crippen LogP contribution in [0.15, 0.2) is 54.6 Å². The fourth-order valence-corrected chi connectivity index (χ4v) is 2.86. The summed E-state index contributed by atoms with van der Waals surface area (Å²) in [6, 6.07) is 17.3. The lowest BCUT2D eigenvalue weighted by Gasteiger charge is -2.21. The van der Waals surface area contributed by atoms with Crippen molar-refractivity contribution >= 4 is 34.1 Å². The smallest absolute Gasteiger partial charge is 0.274 e. The fraction of sp³-hybridized carbons (Fsp3) is 0.167. The van der Waals surface area contributed by atoms with Crippen molar-refractivity contribution in [1.82, 2.24) is 4.57 Å². The summed E-state index contributed by atoms with van der Waals surface area (Å²) in [5.41, 5.74) is 2.52. The molecule has 0 radical (unpaired) electrons. The molecule has 0 saturated heterocycles. The van der Waals surface area contributed by atoms with Gasteiger partial charge in [-0.1, -0.05) is 35.9 Å². The monoisotopic (exact) mass is 312 g/mol. The van der Waals surface area contributed by atoms with Crippen molar-refractivity contribution in [3.05, 3.63) is 65.3 Å². The van der Waals surface area contributed by atoms with Gasteiger partial charge in [0.15, 0.2) is 0 Å². The molecule has 3 nitrogen and oxygen atoms in total. The zero-order valence-corrected chi connectivity index (χ0v) is 13.3. The molecule has 0 aliphatic heterocycles. The molecule has 0 aliphatic carbocycles. The minimum absolute atomic E-state index is 0.0106. The number of rotatable bonds is 3. The molecule has 0 N–H and O–H groups in total. The molecule has 0 aliphatic rings. The molecule has 0 unspecified atom stereocenters. The molecule has 4 heteroatoms. The third-order valence-corrected chi connectivity index (χ3v) is 4.09. The van der Waals surface area contributed by atoms with Gasteiger partial charge in [-0.3, -0.25) is 4.79 Å². The molecule has 0 bridgehead atoms. The number of anilines is 1. The van der Waals surface area contributed by atoms with Crippen molar-refractivity contribution in [3.63, 3.8) is 0 Å². The van der Waals surface area contributed by atoms with Gasteiger partial charge >= 0.3 is 0 Å². The molecule has 0 spiro atoms. The van der Waals surface area contributed by atoms with Gasteiger partial charge in [-0.15, -0.1) is 0 Å². The summed E-state index contributed by atoms with van der Waals surface area (Å²) in [5, 5.41) is 1.68. The first-order valence-corrected chi connectivity index (χ1v) is 7.61. The van der Waals surface area contributed by atoms with E-state index in [0.29, 0.717) is 17.3 Å². The van der Waals surface area contributed by atoms with Gasteiger partial charge in [0.1, 0.15) is 5.69 Å². The van der Waals surface area contributed by atoms with Gasteiger partial charge < -0.3 is 9.47 Å². The number of halogens is 1. The van der Waals surface area contributed by atoms with E-state index in [1.54, 1.807) is 4.90 Å². The Bertz CT molecular complexity index is 824. The maximum absolute atomic E-state index is 12.9. The number of nitrogens with zero attached hydrogens (tertiary/aromatic N) is 2. The third kappa shape index (κ3) is 2.48. The largest absolute Gasteiger partial charge is 0.340 e. The Morgan fingerprint density at radius 3 is 2.55 bits per heavy atom. The van der Waals surface area contributed by atoms with Crippen molar-refractivity contribution in [2.24, 2.45) is 7.05 Å². The SMILES string of the molecule is CCN(C(=O)c1cc2ccc(Cl)cc2n1C)c1ccccc1. The van der Waals surface area contributed by atoms with E-state index >= 15 is 0 Å². The van der Waals surface area contributed by atoms with E-state index in [-0.39, 0.29) is 5.91 Å². The molecule has 3 aromatic rings. The normalized spacial score (nSPS) is 10.9. The summed E-state index contributed by atoms with van der Waals surface area (Å²) in [6.45, 7) is 2.59. The van der Waals surface area contributed by atoms with Crippen LogP contribution in [0.4, 0.5) is 5.69 Å². The number of carbonyl (C=O) groups excluding carboxylic acids is 1. The van der Waals surface area contributed by atoms with Crippen LogP contribution >= 0.6 is 11.6 Å². The lowest BCUT2D eigenvalue weighted by atomic mass is 10.2. The second kappa shape index (κ2) is 5.85. The molecule has 1 aromatic heterocycles. The van der Waals surface area contributed by atoms with Crippen LogP contribution in [0.5, 0.6) is 0 Å². The van der Waals surface area contributed by atoms with Gasteiger partial charge in [-0.25, -0.2) is 0 Å². The molecule has 2 aromatic carbocycles. The molecule has 0 atom stereocenters. The lowest BCUT2D eigenvalue weighted by Crippen LogP contribution is -2.31. The van der Waals surface area contributed by atoms with Crippen LogP contribution in [0.2, 0.25) is 5.02 Å². The number of aromatic nitrogens is 1. The molecule has 1 heterocycles. The highest BCUT2D eigenvalue weighted by Gasteiger charge is 2.20. The van der Waals surface area contributed by atoms with E-state index in [1.807, 2.05) is 73.1 Å². The predicted octanol–water partition coefficient (Wildman–Crippen LogP) is 4.50. The highest BCUT2D eigenvalue weighted by molar-refractivity contribution is 6.31. The van der Waals surface area contributed by atoms with Gasteiger partial charge in [0.05, 0.1) is 0 Å². The molecule has 1 amide bonds. The molecule has 0 saturated carbocycles. The first-order valence-electron chi connectivity index (χ1n) is 7.23. The van der Waals surface area contributed by atoms with Crippen LogP contribution in [0.1, 0.15) is 17.4 Å². The van der Waals surface area contributed by atoms with E-state index in [9.17, 15) is 4.79 Å². The zero-order chi connectivity index (χ0) is 15.7. The standard InChI is InChI=1S/C18H17ClN2O/c1-3-21(15-7-5-4-6-8-15)18(22)17-11-13-9-10-14(19)12-16(13)20(17)2/h4-12H,3H2,1-2H3. The summed E-state index contributed by atoms with van der Waals surface area (Å²) < 4.78 is 1.90. The number of carbonyl (C=O) groups is 1. The minimum atomic E-state index is -0.0106. The molecule has 3 rings (SSSR count). The zero-order valence-electron chi connectivity index (χ0n) is 12.6. The predicted molar refractivity (Wildman–Crippen MR) is 91.7 cm³/mol. The number of fused-ring (bicyclic) bond motifs is 1. The molecular formula is C18H17ClN2O. The van der Waals surface area contributed by atoms with Crippen molar-refractivity contribution < 1.29 is 4.79 Å².